The van der Waals surface area contributed by atoms with Crippen LogP contribution in [0.5, 0.6) is 0 Å². The molecule has 0 N–H and O–H groups in total. The Balaban J connectivity index is 0.000000532. The smallest absolute Gasteiger partial charge is 0.0708 e. The minimum absolute atomic E-state index is 0.991. The minimum Gasteiger partial charge on any atom is -0.256 e. The van der Waals surface area contributed by atoms with Crippen LogP contribution in [0.3, 0.4) is 0 Å². The molecule has 0 atom stereocenters. The molecule has 0 fully saturated rings. The van der Waals surface area contributed by atoms with Crippen molar-refractivity contribution in [3.63, 3.8) is 0 Å². The lowest BCUT2D eigenvalue weighted by Gasteiger charge is -2.17. The lowest BCUT2D eigenvalue weighted by Crippen LogP contribution is -1.90. The predicted octanol–water partition coefficient (Wildman–Crippen LogP) is 12.1. The number of allylic oxidation sites excluding steroid dienone is 2. The number of aromatic nitrogens is 2. The molecule has 2 heterocycles. The van der Waals surface area contributed by atoms with Gasteiger partial charge in [0.1, 0.15) is 0 Å². The van der Waals surface area contributed by atoms with E-state index in [1.807, 2.05) is 70.4 Å². The zero-order chi connectivity index (χ0) is 30.5. The molecule has 0 saturated carbocycles. The van der Waals surface area contributed by atoms with Crippen molar-refractivity contribution >= 4 is 43.2 Å². The summed E-state index contributed by atoms with van der Waals surface area (Å²) in [6.07, 6.45) is 7.70. The van der Waals surface area contributed by atoms with Crippen molar-refractivity contribution in [3.05, 3.63) is 146 Å². The van der Waals surface area contributed by atoms with Gasteiger partial charge in [-0.05, 0) is 92.7 Å². The molecule has 0 radical (unpaired) electrons. The maximum Gasteiger partial charge on any atom is 0.0708 e. The molecule has 8 rings (SSSR count). The third-order valence-electron chi connectivity index (χ3n) is 8.09. The fraction of sp³-hybridized carbons (Fsp3) is 0.0952. The van der Waals surface area contributed by atoms with Crippen LogP contribution in [0.4, 0.5) is 0 Å². The molecule has 0 saturated heterocycles. The molecule has 8 aromatic rings. The number of rotatable bonds is 3. The van der Waals surface area contributed by atoms with Crippen LogP contribution in [0.15, 0.2) is 146 Å². The van der Waals surface area contributed by atoms with Crippen LogP contribution in [-0.4, -0.2) is 9.97 Å². The van der Waals surface area contributed by atoms with E-state index in [-0.39, 0.29) is 0 Å². The first-order valence-corrected chi connectivity index (χ1v) is 15.4. The second kappa shape index (κ2) is 12.9. The standard InChI is InChI=1S/C36H22N2.C4H8.C2H6/c1-2-21-37-33(7-1)24-11-9-23(10-12-24)27-17-15-25-13-14-26-16-18-29(32-20-19-31(27)35(25)36(26)32)28-5-3-8-34-30(28)6-4-22-38-34;1-3-4-2;1-2/h1-22H;3-4H,1-2H3;1-2H3/b;4-3-;. The van der Waals surface area contributed by atoms with Gasteiger partial charge in [0.25, 0.3) is 0 Å². The van der Waals surface area contributed by atoms with Crippen molar-refractivity contribution in [3.8, 4) is 33.5 Å². The summed E-state index contributed by atoms with van der Waals surface area (Å²) in [5, 5.41) is 8.92. The lowest BCUT2D eigenvalue weighted by atomic mass is 9.86. The summed E-state index contributed by atoms with van der Waals surface area (Å²) in [5.41, 5.74) is 8.07. The van der Waals surface area contributed by atoms with Gasteiger partial charge in [0.2, 0.25) is 0 Å². The van der Waals surface area contributed by atoms with Crippen LogP contribution in [0.25, 0.3) is 76.7 Å². The second-order valence-electron chi connectivity index (χ2n) is 10.5. The van der Waals surface area contributed by atoms with E-state index in [1.54, 1.807) is 0 Å². The monoisotopic (exact) mass is 568 g/mol. The Morgan fingerprint density at radius 3 is 1.68 bits per heavy atom. The average molecular weight is 569 g/mol. The molecule has 2 heteroatoms. The van der Waals surface area contributed by atoms with Crippen LogP contribution in [0.2, 0.25) is 0 Å². The first-order chi connectivity index (χ1) is 21.8. The van der Waals surface area contributed by atoms with Crippen molar-refractivity contribution in [2.45, 2.75) is 27.7 Å². The van der Waals surface area contributed by atoms with E-state index in [0.717, 1.165) is 16.8 Å². The van der Waals surface area contributed by atoms with Crippen LogP contribution in [0, 0.1) is 0 Å². The molecule has 0 aliphatic heterocycles. The molecule has 0 bridgehead atoms. The van der Waals surface area contributed by atoms with E-state index in [2.05, 4.69) is 113 Å². The average Bonchev–Trinajstić information content (AvgIpc) is 3.11. The Morgan fingerprint density at radius 1 is 0.432 bits per heavy atom. The van der Waals surface area contributed by atoms with Crippen molar-refractivity contribution in [1.82, 2.24) is 9.97 Å². The number of hydrogen-bond donors (Lipinski definition) is 0. The maximum absolute atomic E-state index is 4.60. The van der Waals surface area contributed by atoms with Gasteiger partial charge in [-0.25, -0.2) is 0 Å². The van der Waals surface area contributed by atoms with Crippen molar-refractivity contribution < 1.29 is 0 Å². The molecule has 2 nitrogen and oxygen atoms in total. The molecule has 44 heavy (non-hydrogen) atoms. The van der Waals surface area contributed by atoms with Crippen LogP contribution in [-0.2, 0) is 0 Å². The van der Waals surface area contributed by atoms with Crippen molar-refractivity contribution in [1.29, 1.82) is 0 Å². The van der Waals surface area contributed by atoms with E-state index in [4.69, 9.17) is 0 Å². The zero-order valence-corrected chi connectivity index (χ0v) is 25.8. The van der Waals surface area contributed by atoms with Crippen molar-refractivity contribution in [2.24, 2.45) is 0 Å². The van der Waals surface area contributed by atoms with Gasteiger partial charge in [-0.1, -0.05) is 123 Å². The first kappa shape index (κ1) is 28.8. The highest BCUT2D eigenvalue weighted by Crippen LogP contribution is 2.43. The highest BCUT2D eigenvalue weighted by molar-refractivity contribution is 6.28. The Morgan fingerprint density at radius 2 is 1.02 bits per heavy atom. The van der Waals surface area contributed by atoms with Gasteiger partial charge >= 0.3 is 0 Å². The quantitative estimate of drug-likeness (QED) is 0.156. The summed E-state index contributed by atoms with van der Waals surface area (Å²) < 4.78 is 0. The lowest BCUT2D eigenvalue weighted by molar-refractivity contribution is 1.33. The number of nitrogens with zero attached hydrogens (tertiary/aromatic N) is 2. The summed E-state index contributed by atoms with van der Waals surface area (Å²) in [6.45, 7) is 8.00. The van der Waals surface area contributed by atoms with Gasteiger partial charge in [-0.2, -0.15) is 0 Å². The number of hydrogen-bond acceptors (Lipinski definition) is 2. The van der Waals surface area contributed by atoms with Gasteiger partial charge in [0.15, 0.2) is 0 Å². The summed E-state index contributed by atoms with van der Waals surface area (Å²) in [6, 6.07) is 43.5. The Kier molecular flexibility index (Phi) is 8.43. The molecule has 6 aromatic carbocycles. The summed E-state index contributed by atoms with van der Waals surface area (Å²) in [4.78, 5) is 9.10. The highest BCUT2D eigenvalue weighted by atomic mass is 14.7. The van der Waals surface area contributed by atoms with E-state index in [1.165, 1.54) is 60.0 Å². The normalized spacial score (nSPS) is 11.1. The molecule has 214 valence electrons. The molecule has 0 aliphatic rings. The van der Waals surface area contributed by atoms with Crippen molar-refractivity contribution in [2.75, 3.05) is 0 Å². The first-order valence-electron chi connectivity index (χ1n) is 15.4. The van der Waals surface area contributed by atoms with Crippen LogP contribution >= 0.6 is 0 Å². The summed E-state index contributed by atoms with van der Waals surface area (Å²) in [7, 11) is 0. The largest absolute Gasteiger partial charge is 0.256 e. The van der Waals surface area contributed by atoms with E-state index < -0.39 is 0 Å². The second-order valence-corrected chi connectivity index (χ2v) is 10.5. The van der Waals surface area contributed by atoms with Gasteiger partial charge in [-0.15, -0.1) is 0 Å². The Bertz CT molecular complexity index is 2180. The molecule has 0 aliphatic carbocycles. The third kappa shape index (κ3) is 5.20. The molecule has 2 aromatic heterocycles. The fourth-order valence-electron chi connectivity index (χ4n) is 5.98. The zero-order valence-electron chi connectivity index (χ0n) is 25.8. The maximum atomic E-state index is 4.60. The van der Waals surface area contributed by atoms with Gasteiger partial charge in [0, 0.05) is 23.3 Å². The molecule has 0 spiro atoms. The van der Waals surface area contributed by atoms with Crippen LogP contribution in [0.1, 0.15) is 27.7 Å². The Labute approximate surface area is 259 Å². The number of fused-ring (bicyclic) bond motifs is 1. The SMILES string of the molecule is C/C=C\C.CC.c1ccc(-c2ccc(-c3ccc4ccc5ccc(-c6cccc7ncccc67)c6ccc3c4c56)cc2)nc1. The van der Waals surface area contributed by atoms with Gasteiger partial charge in [-0.3, -0.25) is 9.97 Å². The van der Waals surface area contributed by atoms with Crippen LogP contribution < -0.4 is 0 Å². The molecule has 0 amide bonds. The molecule has 0 unspecified atom stereocenters. The highest BCUT2D eigenvalue weighted by Gasteiger charge is 2.16. The van der Waals surface area contributed by atoms with Gasteiger partial charge < -0.3 is 0 Å². The number of pyridine rings is 2. The summed E-state index contributed by atoms with van der Waals surface area (Å²) in [5.74, 6) is 0. The van der Waals surface area contributed by atoms with Gasteiger partial charge in [0.05, 0.1) is 11.2 Å². The fourth-order valence-corrected chi connectivity index (χ4v) is 5.98. The third-order valence-corrected chi connectivity index (χ3v) is 8.09. The van der Waals surface area contributed by atoms with E-state index in [0.29, 0.717) is 0 Å². The Hall–Kier alpha value is -5.34. The minimum atomic E-state index is 0.991. The molecular weight excluding hydrogens is 532 g/mol. The predicted molar refractivity (Wildman–Crippen MR) is 191 cm³/mol. The van der Waals surface area contributed by atoms with E-state index >= 15 is 0 Å². The molecular formula is C42H36N2. The topological polar surface area (TPSA) is 25.8 Å². The van der Waals surface area contributed by atoms with E-state index in [9.17, 15) is 0 Å². The number of benzene rings is 6. The summed E-state index contributed by atoms with van der Waals surface area (Å²) >= 11 is 0.